The van der Waals surface area contributed by atoms with E-state index in [-0.39, 0.29) is 29.8 Å². The molecular formula is C24H37FIN7. The molecule has 2 aliphatic rings. The fourth-order valence-corrected chi connectivity index (χ4v) is 4.83. The number of likely N-dealkylation sites (N-methyl/N-ethyl adjacent to an activating group) is 1. The van der Waals surface area contributed by atoms with E-state index in [0.717, 1.165) is 63.8 Å². The van der Waals surface area contributed by atoms with Crippen LogP contribution < -0.4 is 10.2 Å². The molecule has 0 amide bonds. The fourth-order valence-electron chi connectivity index (χ4n) is 4.83. The molecule has 1 aromatic carbocycles. The molecule has 1 aromatic heterocycles. The third kappa shape index (κ3) is 6.17. The molecule has 0 bridgehead atoms. The number of guanidine groups is 1. The van der Waals surface area contributed by atoms with E-state index in [1.807, 2.05) is 37.9 Å². The molecule has 2 saturated heterocycles. The lowest BCUT2D eigenvalue weighted by Gasteiger charge is -2.39. The Morgan fingerprint density at radius 1 is 1.21 bits per heavy atom. The van der Waals surface area contributed by atoms with E-state index in [1.165, 1.54) is 0 Å². The molecule has 0 spiro atoms. The lowest BCUT2D eigenvalue weighted by Crippen LogP contribution is -2.48. The van der Waals surface area contributed by atoms with Gasteiger partial charge < -0.3 is 24.6 Å². The summed E-state index contributed by atoms with van der Waals surface area (Å²) in [5.41, 5.74) is 1.64. The van der Waals surface area contributed by atoms with Gasteiger partial charge >= 0.3 is 0 Å². The van der Waals surface area contributed by atoms with E-state index in [0.29, 0.717) is 24.2 Å². The SMILES string of the molecule is CCN1CCN(c2ccc(CNC(=NC)N3CCC(C)C(n4ccnc4)C3)cc2F)CC1.I. The van der Waals surface area contributed by atoms with Gasteiger partial charge in [-0.2, -0.15) is 0 Å². The molecule has 182 valence electrons. The number of rotatable bonds is 5. The Bertz CT molecular complexity index is 896. The van der Waals surface area contributed by atoms with Crippen LogP contribution in [0.1, 0.15) is 31.9 Å². The maximum absolute atomic E-state index is 14.9. The van der Waals surface area contributed by atoms with Gasteiger partial charge in [0.25, 0.3) is 0 Å². The van der Waals surface area contributed by atoms with Crippen molar-refractivity contribution in [1.82, 2.24) is 24.7 Å². The van der Waals surface area contributed by atoms with Gasteiger partial charge in [0.2, 0.25) is 0 Å². The molecular weight excluding hydrogens is 532 g/mol. The number of nitrogens with one attached hydrogen (secondary N) is 1. The second-order valence-corrected chi connectivity index (χ2v) is 8.90. The molecule has 9 heteroatoms. The second kappa shape index (κ2) is 12.0. The third-order valence-electron chi connectivity index (χ3n) is 6.96. The smallest absolute Gasteiger partial charge is 0.193 e. The first-order valence-corrected chi connectivity index (χ1v) is 11.8. The van der Waals surface area contributed by atoms with Crippen molar-refractivity contribution in [1.29, 1.82) is 0 Å². The summed E-state index contributed by atoms with van der Waals surface area (Å²) < 4.78 is 17.1. The maximum atomic E-state index is 14.9. The van der Waals surface area contributed by atoms with Gasteiger partial charge in [-0.1, -0.05) is 19.9 Å². The van der Waals surface area contributed by atoms with E-state index in [2.05, 4.69) is 48.4 Å². The Balaban J connectivity index is 0.00000306. The summed E-state index contributed by atoms with van der Waals surface area (Å²) in [6, 6.07) is 5.98. The van der Waals surface area contributed by atoms with Crippen LogP contribution in [0.4, 0.5) is 10.1 Å². The number of hydrogen-bond donors (Lipinski definition) is 1. The van der Waals surface area contributed by atoms with Crippen molar-refractivity contribution < 1.29 is 4.39 Å². The average molecular weight is 570 g/mol. The average Bonchev–Trinajstić information content (AvgIpc) is 3.35. The molecule has 2 aromatic rings. The highest BCUT2D eigenvalue weighted by Crippen LogP contribution is 2.27. The second-order valence-electron chi connectivity index (χ2n) is 8.90. The van der Waals surface area contributed by atoms with Crippen molar-refractivity contribution >= 4 is 35.6 Å². The first kappa shape index (κ1) is 25.7. The Kier molecular flexibility index (Phi) is 9.37. The Morgan fingerprint density at radius 3 is 2.64 bits per heavy atom. The highest BCUT2D eigenvalue weighted by Gasteiger charge is 2.29. The number of imidazole rings is 1. The molecule has 0 saturated carbocycles. The topological polar surface area (TPSA) is 51.9 Å². The summed E-state index contributed by atoms with van der Waals surface area (Å²) >= 11 is 0. The van der Waals surface area contributed by atoms with Crippen LogP contribution in [0, 0.1) is 11.7 Å². The minimum Gasteiger partial charge on any atom is -0.367 e. The molecule has 2 unspecified atom stereocenters. The molecule has 1 N–H and O–H groups in total. The lowest BCUT2D eigenvalue weighted by molar-refractivity contribution is 0.189. The molecule has 33 heavy (non-hydrogen) atoms. The Morgan fingerprint density at radius 2 is 2.00 bits per heavy atom. The van der Waals surface area contributed by atoms with Crippen LogP contribution in [-0.2, 0) is 6.54 Å². The van der Waals surface area contributed by atoms with Gasteiger partial charge in [-0.3, -0.25) is 4.99 Å². The van der Waals surface area contributed by atoms with Gasteiger partial charge in [-0.15, -0.1) is 24.0 Å². The summed E-state index contributed by atoms with van der Waals surface area (Å²) in [5.74, 6) is 1.30. The Labute approximate surface area is 214 Å². The van der Waals surface area contributed by atoms with Crippen LogP contribution in [-0.4, -0.2) is 78.2 Å². The predicted octanol–water partition coefficient (Wildman–Crippen LogP) is 3.44. The minimum absolute atomic E-state index is 0. The van der Waals surface area contributed by atoms with E-state index >= 15 is 0 Å². The molecule has 7 nitrogen and oxygen atoms in total. The standard InChI is InChI=1S/C24H36FN7.HI/c1-4-29-11-13-30(14-12-29)22-6-5-20(15-21(22)25)16-28-24(26-3)31-9-7-19(2)23(17-31)32-10-8-27-18-32;/h5-6,8,10,15,18-19,23H,4,7,9,11-14,16-17H2,1-3H3,(H,26,28);1H. The number of aliphatic imine (C=N–C) groups is 1. The summed E-state index contributed by atoms with van der Waals surface area (Å²) in [7, 11) is 1.81. The predicted molar refractivity (Wildman–Crippen MR) is 143 cm³/mol. The normalized spacial score (nSPS) is 22.2. The van der Waals surface area contributed by atoms with Crippen molar-refractivity contribution in [2.24, 2.45) is 10.9 Å². The third-order valence-corrected chi connectivity index (χ3v) is 6.96. The first-order chi connectivity index (χ1) is 15.6. The van der Waals surface area contributed by atoms with Crippen molar-refractivity contribution in [3.05, 3.63) is 48.3 Å². The monoisotopic (exact) mass is 569 g/mol. The molecule has 4 rings (SSSR count). The number of benzene rings is 1. The maximum Gasteiger partial charge on any atom is 0.193 e. The van der Waals surface area contributed by atoms with Crippen LogP contribution in [0.5, 0.6) is 0 Å². The molecule has 0 aliphatic carbocycles. The lowest BCUT2D eigenvalue weighted by atomic mass is 9.93. The summed E-state index contributed by atoms with van der Waals surface area (Å²) in [4.78, 5) is 15.6. The number of nitrogens with zero attached hydrogens (tertiary/aromatic N) is 6. The number of piperazine rings is 1. The largest absolute Gasteiger partial charge is 0.367 e. The fraction of sp³-hybridized carbons (Fsp3) is 0.583. The number of anilines is 1. The Hall–Kier alpha value is -1.88. The molecule has 0 radical (unpaired) electrons. The number of halogens is 2. The minimum atomic E-state index is -0.142. The van der Waals surface area contributed by atoms with Crippen LogP contribution in [0.2, 0.25) is 0 Å². The number of likely N-dealkylation sites (tertiary alicyclic amines) is 1. The van der Waals surface area contributed by atoms with Crippen molar-refractivity contribution in [2.45, 2.75) is 32.9 Å². The van der Waals surface area contributed by atoms with Gasteiger partial charge in [-0.25, -0.2) is 9.37 Å². The van der Waals surface area contributed by atoms with E-state index in [4.69, 9.17) is 0 Å². The van der Waals surface area contributed by atoms with Crippen LogP contribution in [0.3, 0.4) is 0 Å². The summed E-state index contributed by atoms with van der Waals surface area (Å²) in [6.07, 6.45) is 6.86. The molecule has 2 aliphatic heterocycles. The molecule has 3 heterocycles. The molecule has 2 atom stereocenters. The van der Waals surface area contributed by atoms with Gasteiger partial charge in [0.15, 0.2) is 5.96 Å². The van der Waals surface area contributed by atoms with Gasteiger partial charge in [-0.05, 0) is 36.6 Å². The highest BCUT2D eigenvalue weighted by atomic mass is 127. The number of aromatic nitrogens is 2. The molecule has 2 fully saturated rings. The zero-order valence-corrected chi connectivity index (χ0v) is 22.3. The van der Waals surface area contributed by atoms with Gasteiger partial charge in [0, 0.05) is 65.3 Å². The summed E-state index contributed by atoms with van der Waals surface area (Å²) in [6.45, 7) is 11.7. The summed E-state index contributed by atoms with van der Waals surface area (Å²) in [5, 5.41) is 3.44. The van der Waals surface area contributed by atoms with E-state index < -0.39 is 0 Å². The number of hydrogen-bond acceptors (Lipinski definition) is 4. The highest BCUT2D eigenvalue weighted by molar-refractivity contribution is 14.0. The number of piperidine rings is 1. The zero-order valence-electron chi connectivity index (χ0n) is 20.0. The van der Waals surface area contributed by atoms with Crippen LogP contribution in [0.25, 0.3) is 0 Å². The first-order valence-electron chi connectivity index (χ1n) is 11.8. The van der Waals surface area contributed by atoms with Gasteiger partial charge in [0.05, 0.1) is 18.1 Å². The van der Waals surface area contributed by atoms with Crippen molar-refractivity contribution in [3.8, 4) is 0 Å². The van der Waals surface area contributed by atoms with E-state index in [9.17, 15) is 4.39 Å². The zero-order chi connectivity index (χ0) is 22.5. The van der Waals surface area contributed by atoms with Crippen LogP contribution >= 0.6 is 24.0 Å². The van der Waals surface area contributed by atoms with Crippen LogP contribution in [0.15, 0.2) is 41.9 Å². The van der Waals surface area contributed by atoms with Gasteiger partial charge in [0.1, 0.15) is 5.82 Å². The van der Waals surface area contributed by atoms with E-state index in [1.54, 1.807) is 6.07 Å². The van der Waals surface area contributed by atoms with Crippen molar-refractivity contribution in [2.75, 3.05) is 57.8 Å². The quantitative estimate of drug-likeness (QED) is 0.340. The van der Waals surface area contributed by atoms with Crippen molar-refractivity contribution in [3.63, 3.8) is 0 Å².